The van der Waals surface area contributed by atoms with Crippen molar-refractivity contribution in [3.63, 3.8) is 0 Å². The smallest absolute Gasteiger partial charge is 0.196 e. The first-order valence-corrected chi connectivity index (χ1v) is 7.22. The third-order valence-corrected chi connectivity index (χ3v) is 3.69. The van der Waals surface area contributed by atoms with E-state index in [2.05, 4.69) is 27.7 Å². The second-order valence-corrected chi connectivity index (χ2v) is 5.59. The molecule has 0 amide bonds. The standard InChI is InChI=1S/C16H11IN2O/c17-14-8-6-12(7-9-14)16(20)13-10-18-19(11-13)15-4-2-1-3-5-15/h1-11H. The van der Waals surface area contributed by atoms with E-state index in [0.29, 0.717) is 11.1 Å². The van der Waals surface area contributed by atoms with Crippen LogP contribution < -0.4 is 0 Å². The SMILES string of the molecule is O=C(c1ccc(I)cc1)c1cnn(-c2ccccc2)c1. The van der Waals surface area contributed by atoms with E-state index < -0.39 is 0 Å². The van der Waals surface area contributed by atoms with Crippen LogP contribution in [-0.2, 0) is 0 Å². The monoisotopic (exact) mass is 374 g/mol. The highest BCUT2D eigenvalue weighted by Gasteiger charge is 2.11. The molecule has 0 bridgehead atoms. The van der Waals surface area contributed by atoms with Crippen molar-refractivity contribution in [2.45, 2.75) is 0 Å². The van der Waals surface area contributed by atoms with Crippen LogP contribution in [0.5, 0.6) is 0 Å². The average molecular weight is 374 g/mol. The molecule has 98 valence electrons. The van der Waals surface area contributed by atoms with Gasteiger partial charge in [0.25, 0.3) is 0 Å². The van der Waals surface area contributed by atoms with E-state index in [9.17, 15) is 4.79 Å². The van der Waals surface area contributed by atoms with Gasteiger partial charge in [0, 0.05) is 15.3 Å². The van der Waals surface area contributed by atoms with Crippen molar-refractivity contribution in [1.82, 2.24) is 9.78 Å². The fourth-order valence-electron chi connectivity index (χ4n) is 1.93. The van der Waals surface area contributed by atoms with Crippen LogP contribution in [0.15, 0.2) is 67.0 Å². The average Bonchev–Trinajstić information content (AvgIpc) is 2.98. The summed E-state index contributed by atoms with van der Waals surface area (Å²) in [5.41, 5.74) is 2.21. The lowest BCUT2D eigenvalue weighted by Crippen LogP contribution is -2.00. The van der Waals surface area contributed by atoms with Crippen LogP contribution in [0.25, 0.3) is 5.69 Å². The van der Waals surface area contributed by atoms with Crippen LogP contribution in [0.1, 0.15) is 15.9 Å². The number of halogens is 1. The Bertz CT molecular complexity index is 733. The molecular formula is C16H11IN2O. The zero-order valence-electron chi connectivity index (χ0n) is 10.5. The van der Waals surface area contributed by atoms with Gasteiger partial charge in [-0.25, -0.2) is 4.68 Å². The largest absolute Gasteiger partial charge is 0.288 e. The molecule has 2 aromatic carbocycles. The van der Waals surface area contributed by atoms with Gasteiger partial charge in [-0.2, -0.15) is 5.10 Å². The Morgan fingerprint density at radius 3 is 2.35 bits per heavy atom. The molecule has 3 nitrogen and oxygen atoms in total. The Morgan fingerprint density at radius 1 is 0.950 bits per heavy atom. The van der Waals surface area contributed by atoms with E-state index in [1.54, 1.807) is 17.1 Å². The highest BCUT2D eigenvalue weighted by Crippen LogP contribution is 2.13. The summed E-state index contributed by atoms with van der Waals surface area (Å²) in [4.78, 5) is 12.3. The quantitative estimate of drug-likeness (QED) is 0.518. The van der Waals surface area contributed by atoms with Crippen LogP contribution in [0.3, 0.4) is 0 Å². The number of benzene rings is 2. The van der Waals surface area contributed by atoms with Crippen molar-refractivity contribution < 1.29 is 4.79 Å². The van der Waals surface area contributed by atoms with Crippen LogP contribution in [0.2, 0.25) is 0 Å². The summed E-state index contributed by atoms with van der Waals surface area (Å²) >= 11 is 2.22. The van der Waals surface area contributed by atoms with E-state index in [4.69, 9.17) is 0 Å². The van der Waals surface area contributed by atoms with E-state index in [1.807, 2.05) is 54.6 Å². The number of carbonyl (C=O) groups excluding carboxylic acids is 1. The summed E-state index contributed by atoms with van der Waals surface area (Å²) in [5, 5.41) is 4.24. The Balaban J connectivity index is 1.90. The number of para-hydroxylation sites is 1. The summed E-state index contributed by atoms with van der Waals surface area (Å²) in [6.45, 7) is 0. The maximum absolute atomic E-state index is 12.3. The van der Waals surface area contributed by atoms with Gasteiger partial charge in [-0.15, -0.1) is 0 Å². The summed E-state index contributed by atoms with van der Waals surface area (Å²) in [6, 6.07) is 17.3. The number of hydrogen-bond donors (Lipinski definition) is 0. The summed E-state index contributed by atoms with van der Waals surface area (Å²) in [7, 11) is 0. The van der Waals surface area contributed by atoms with Crippen LogP contribution >= 0.6 is 22.6 Å². The van der Waals surface area contributed by atoms with Gasteiger partial charge in [0.1, 0.15) is 0 Å². The molecule has 0 saturated heterocycles. The third kappa shape index (κ3) is 2.65. The first kappa shape index (κ1) is 13.1. The molecule has 3 rings (SSSR count). The number of nitrogens with zero attached hydrogens (tertiary/aromatic N) is 2. The number of rotatable bonds is 3. The van der Waals surface area contributed by atoms with Crippen LogP contribution in [-0.4, -0.2) is 15.6 Å². The van der Waals surface area contributed by atoms with Crippen molar-refractivity contribution in [2.24, 2.45) is 0 Å². The zero-order valence-corrected chi connectivity index (χ0v) is 12.7. The predicted molar refractivity (Wildman–Crippen MR) is 86.2 cm³/mol. The number of carbonyl (C=O) groups is 1. The summed E-state index contributed by atoms with van der Waals surface area (Å²) in [5.74, 6) is -0.0106. The predicted octanol–water partition coefficient (Wildman–Crippen LogP) is 3.71. The Morgan fingerprint density at radius 2 is 1.65 bits per heavy atom. The maximum Gasteiger partial charge on any atom is 0.196 e. The molecule has 0 fully saturated rings. The molecule has 1 heterocycles. The summed E-state index contributed by atoms with van der Waals surface area (Å²) < 4.78 is 2.82. The molecule has 0 aliphatic heterocycles. The highest BCUT2D eigenvalue weighted by atomic mass is 127. The molecule has 20 heavy (non-hydrogen) atoms. The lowest BCUT2D eigenvalue weighted by molar-refractivity contribution is 0.103. The summed E-state index contributed by atoms with van der Waals surface area (Å²) in [6.07, 6.45) is 3.36. The van der Waals surface area contributed by atoms with Gasteiger partial charge in [-0.1, -0.05) is 18.2 Å². The molecular weight excluding hydrogens is 363 g/mol. The van der Waals surface area contributed by atoms with E-state index in [-0.39, 0.29) is 5.78 Å². The lowest BCUT2D eigenvalue weighted by Gasteiger charge is -2.00. The van der Waals surface area contributed by atoms with Crippen LogP contribution in [0.4, 0.5) is 0 Å². The molecule has 0 radical (unpaired) electrons. The molecule has 4 heteroatoms. The van der Waals surface area contributed by atoms with E-state index in [0.717, 1.165) is 9.26 Å². The van der Waals surface area contributed by atoms with Gasteiger partial charge in [-0.05, 0) is 59.0 Å². The van der Waals surface area contributed by atoms with Crippen molar-refractivity contribution in [3.8, 4) is 5.69 Å². The third-order valence-electron chi connectivity index (χ3n) is 2.97. The maximum atomic E-state index is 12.3. The second-order valence-electron chi connectivity index (χ2n) is 4.35. The fraction of sp³-hybridized carbons (Fsp3) is 0. The first-order chi connectivity index (χ1) is 9.74. The fourth-order valence-corrected chi connectivity index (χ4v) is 2.29. The van der Waals surface area contributed by atoms with Gasteiger partial charge in [0.15, 0.2) is 5.78 Å². The normalized spacial score (nSPS) is 10.4. The minimum atomic E-state index is -0.0106. The molecule has 3 aromatic rings. The number of hydrogen-bond acceptors (Lipinski definition) is 2. The van der Waals surface area contributed by atoms with Gasteiger partial charge < -0.3 is 0 Å². The van der Waals surface area contributed by atoms with Crippen molar-refractivity contribution in [2.75, 3.05) is 0 Å². The van der Waals surface area contributed by atoms with Crippen molar-refractivity contribution >= 4 is 28.4 Å². The van der Waals surface area contributed by atoms with Crippen molar-refractivity contribution in [1.29, 1.82) is 0 Å². The first-order valence-electron chi connectivity index (χ1n) is 6.14. The van der Waals surface area contributed by atoms with Gasteiger partial charge >= 0.3 is 0 Å². The van der Waals surface area contributed by atoms with Crippen LogP contribution in [0, 0.1) is 3.57 Å². The lowest BCUT2D eigenvalue weighted by atomic mass is 10.1. The van der Waals surface area contributed by atoms with E-state index >= 15 is 0 Å². The van der Waals surface area contributed by atoms with Gasteiger partial charge in [0.2, 0.25) is 0 Å². The van der Waals surface area contributed by atoms with Gasteiger partial charge in [-0.3, -0.25) is 4.79 Å². The minimum absolute atomic E-state index is 0.0106. The molecule has 0 saturated carbocycles. The number of ketones is 1. The number of aromatic nitrogens is 2. The van der Waals surface area contributed by atoms with Crippen molar-refractivity contribution in [3.05, 3.63) is 81.7 Å². The molecule has 0 unspecified atom stereocenters. The molecule has 0 spiro atoms. The molecule has 0 aliphatic rings. The molecule has 0 atom stereocenters. The van der Waals surface area contributed by atoms with Gasteiger partial charge in [0.05, 0.1) is 17.4 Å². The Labute approximate surface area is 130 Å². The minimum Gasteiger partial charge on any atom is -0.288 e. The topological polar surface area (TPSA) is 34.9 Å². The zero-order chi connectivity index (χ0) is 13.9. The second kappa shape index (κ2) is 5.58. The Kier molecular flexibility index (Phi) is 3.64. The Hall–Kier alpha value is -1.95. The molecule has 0 N–H and O–H groups in total. The molecule has 1 aromatic heterocycles. The highest BCUT2D eigenvalue weighted by molar-refractivity contribution is 14.1. The van der Waals surface area contributed by atoms with E-state index in [1.165, 1.54) is 0 Å². The molecule has 0 aliphatic carbocycles.